The topological polar surface area (TPSA) is 76.0 Å². The highest BCUT2D eigenvalue weighted by molar-refractivity contribution is 5.91. The number of benzene rings is 1. The predicted molar refractivity (Wildman–Crippen MR) is 78.1 cm³/mol. The van der Waals surface area contributed by atoms with Gasteiger partial charge in [0, 0.05) is 6.07 Å². The van der Waals surface area contributed by atoms with Gasteiger partial charge in [-0.25, -0.2) is 4.79 Å². The summed E-state index contributed by atoms with van der Waals surface area (Å²) in [6.45, 7) is 2.57. The molecule has 21 heavy (non-hydrogen) atoms. The van der Waals surface area contributed by atoms with Crippen molar-refractivity contribution in [2.75, 3.05) is 6.61 Å². The van der Waals surface area contributed by atoms with Gasteiger partial charge < -0.3 is 19.7 Å². The highest BCUT2D eigenvalue weighted by atomic mass is 16.5. The van der Waals surface area contributed by atoms with E-state index in [9.17, 15) is 15.0 Å². The van der Waals surface area contributed by atoms with Crippen LogP contribution in [0, 0.1) is 0 Å². The lowest BCUT2D eigenvalue weighted by atomic mass is 9.95. The number of carboxylic acid groups (broad SMARTS) is 1. The first kappa shape index (κ1) is 15.6. The Morgan fingerprint density at radius 2 is 2.10 bits per heavy atom. The van der Waals surface area contributed by atoms with Crippen LogP contribution in [0.1, 0.15) is 49.4 Å². The van der Waals surface area contributed by atoms with Crippen molar-refractivity contribution in [3.63, 3.8) is 0 Å². The Hall–Kier alpha value is -1.75. The number of hydrogen-bond acceptors (Lipinski definition) is 4. The fourth-order valence-corrected chi connectivity index (χ4v) is 2.46. The van der Waals surface area contributed by atoms with Gasteiger partial charge in [-0.05, 0) is 37.8 Å². The van der Waals surface area contributed by atoms with Crippen LogP contribution in [0.15, 0.2) is 18.2 Å². The highest BCUT2D eigenvalue weighted by Gasteiger charge is 2.26. The van der Waals surface area contributed by atoms with E-state index in [1.165, 1.54) is 6.07 Å². The lowest BCUT2D eigenvalue weighted by Gasteiger charge is -2.28. The van der Waals surface area contributed by atoms with Gasteiger partial charge >= 0.3 is 5.97 Å². The molecule has 2 N–H and O–H groups in total. The molecule has 0 aliphatic heterocycles. The van der Waals surface area contributed by atoms with Gasteiger partial charge in [0.05, 0.1) is 12.7 Å². The lowest BCUT2D eigenvalue weighted by Crippen LogP contribution is -2.35. The Balaban J connectivity index is 2.19. The van der Waals surface area contributed by atoms with E-state index in [2.05, 4.69) is 0 Å². The Morgan fingerprint density at radius 1 is 1.33 bits per heavy atom. The summed E-state index contributed by atoms with van der Waals surface area (Å²) in [5, 5.41) is 19.2. The van der Waals surface area contributed by atoms with Crippen LogP contribution in [0.5, 0.6) is 11.5 Å². The number of rotatable bonds is 6. The van der Waals surface area contributed by atoms with Crippen molar-refractivity contribution in [1.82, 2.24) is 0 Å². The summed E-state index contributed by atoms with van der Waals surface area (Å²) in [5.74, 6) is -0.193. The number of hydrogen-bond donors (Lipinski definition) is 2. The first-order valence-corrected chi connectivity index (χ1v) is 7.46. The average molecular weight is 294 g/mol. The van der Waals surface area contributed by atoms with Crippen LogP contribution in [0.3, 0.4) is 0 Å². The van der Waals surface area contributed by atoms with Crippen molar-refractivity contribution < 1.29 is 24.5 Å². The summed E-state index contributed by atoms with van der Waals surface area (Å²) in [6.07, 6.45) is 3.37. The molecule has 5 nitrogen and oxygen atoms in total. The maximum absolute atomic E-state index is 11.3. The molecule has 0 saturated heterocycles. The molecule has 1 saturated carbocycles. The number of carboxylic acids is 1. The van der Waals surface area contributed by atoms with Gasteiger partial charge in [-0.3, -0.25) is 0 Å². The Bertz CT molecular complexity index is 486. The SMILES string of the molecule is CCCOc1ccc(C(=O)O)c(OC2CCCCC2O)c1. The molecule has 0 heterocycles. The number of aliphatic hydroxyl groups is 1. The Kier molecular flexibility index (Phi) is 5.44. The molecule has 1 aliphatic rings. The first-order valence-electron chi connectivity index (χ1n) is 7.46. The lowest BCUT2D eigenvalue weighted by molar-refractivity contribution is 0.00594. The maximum atomic E-state index is 11.3. The number of aliphatic hydroxyl groups excluding tert-OH is 1. The fraction of sp³-hybridized carbons (Fsp3) is 0.562. The molecule has 5 heteroatoms. The number of aromatic carboxylic acids is 1. The van der Waals surface area contributed by atoms with E-state index >= 15 is 0 Å². The van der Waals surface area contributed by atoms with Crippen LogP contribution in [-0.2, 0) is 0 Å². The van der Waals surface area contributed by atoms with Crippen molar-refractivity contribution in [3.8, 4) is 11.5 Å². The molecule has 2 unspecified atom stereocenters. The second-order valence-electron chi connectivity index (χ2n) is 5.32. The average Bonchev–Trinajstić information content (AvgIpc) is 2.47. The van der Waals surface area contributed by atoms with E-state index in [0.29, 0.717) is 18.8 Å². The molecule has 2 rings (SSSR count). The van der Waals surface area contributed by atoms with E-state index in [-0.39, 0.29) is 17.4 Å². The molecule has 1 aliphatic carbocycles. The summed E-state index contributed by atoms with van der Waals surface area (Å²) >= 11 is 0. The molecule has 0 bridgehead atoms. The monoisotopic (exact) mass is 294 g/mol. The third kappa shape index (κ3) is 4.11. The zero-order chi connectivity index (χ0) is 15.2. The third-order valence-corrected chi connectivity index (χ3v) is 3.60. The molecule has 0 radical (unpaired) electrons. The van der Waals surface area contributed by atoms with Crippen LogP contribution in [0.2, 0.25) is 0 Å². The summed E-state index contributed by atoms with van der Waals surface area (Å²) in [5.41, 5.74) is 0.0941. The van der Waals surface area contributed by atoms with E-state index in [1.54, 1.807) is 12.1 Å². The predicted octanol–water partition coefficient (Wildman–Crippen LogP) is 2.86. The maximum Gasteiger partial charge on any atom is 0.339 e. The Morgan fingerprint density at radius 3 is 2.76 bits per heavy atom. The van der Waals surface area contributed by atoms with Crippen molar-refractivity contribution in [2.24, 2.45) is 0 Å². The number of ether oxygens (including phenoxy) is 2. The van der Waals surface area contributed by atoms with Gasteiger partial charge in [-0.1, -0.05) is 13.3 Å². The molecular formula is C16H22O5. The minimum absolute atomic E-state index is 0.0941. The second kappa shape index (κ2) is 7.31. The van der Waals surface area contributed by atoms with Gasteiger partial charge in [0.25, 0.3) is 0 Å². The van der Waals surface area contributed by atoms with Crippen LogP contribution in [0.25, 0.3) is 0 Å². The first-order chi connectivity index (χ1) is 10.1. The largest absolute Gasteiger partial charge is 0.493 e. The zero-order valence-electron chi connectivity index (χ0n) is 12.2. The van der Waals surface area contributed by atoms with E-state index < -0.39 is 12.1 Å². The molecule has 116 valence electrons. The molecule has 0 amide bonds. The summed E-state index contributed by atoms with van der Waals surface area (Å²) in [6, 6.07) is 4.71. The molecule has 1 fully saturated rings. The molecular weight excluding hydrogens is 272 g/mol. The standard InChI is InChI=1S/C16H22O5/c1-2-9-20-11-7-8-12(16(18)19)15(10-11)21-14-6-4-3-5-13(14)17/h7-8,10,13-14,17H,2-6,9H2,1H3,(H,18,19). The van der Waals surface area contributed by atoms with Crippen LogP contribution >= 0.6 is 0 Å². The van der Waals surface area contributed by atoms with Gasteiger partial charge in [0.1, 0.15) is 23.2 Å². The summed E-state index contributed by atoms with van der Waals surface area (Å²) in [4.78, 5) is 11.3. The van der Waals surface area contributed by atoms with Crippen LogP contribution in [-0.4, -0.2) is 35.0 Å². The van der Waals surface area contributed by atoms with E-state index in [4.69, 9.17) is 9.47 Å². The molecule has 1 aromatic carbocycles. The highest BCUT2D eigenvalue weighted by Crippen LogP contribution is 2.30. The molecule has 0 aromatic heterocycles. The second-order valence-corrected chi connectivity index (χ2v) is 5.32. The van der Waals surface area contributed by atoms with Gasteiger partial charge in [0.2, 0.25) is 0 Å². The van der Waals surface area contributed by atoms with Crippen LogP contribution < -0.4 is 9.47 Å². The minimum atomic E-state index is -1.04. The van der Waals surface area contributed by atoms with Gasteiger partial charge in [-0.15, -0.1) is 0 Å². The molecule has 1 aromatic rings. The molecule has 2 atom stereocenters. The van der Waals surface area contributed by atoms with E-state index in [1.807, 2.05) is 6.92 Å². The van der Waals surface area contributed by atoms with Gasteiger partial charge in [-0.2, -0.15) is 0 Å². The van der Waals surface area contributed by atoms with Crippen LogP contribution in [0.4, 0.5) is 0 Å². The van der Waals surface area contributed by atoms with E-state index in [0.717, 1.165) is 25.7 Å². The quantitative estimate of drug-likeness (QED) is 0.843. The van der Waals surface area contributed by atoms with Crippen molar-refractivity contribution in [3.05, 3.63) is 23.8 Å². The normalized spacial score (nSPS) is 21.8. The molecule has 0 spiro atoms. The third-order valence-electron chi connectivity index (χ3n) is 3.60. The zero-order valence-corrected chi connectivity index (χ0v) is 12.2. The van der Waals surface area contributed by atoms with Crippen molar-refractivity contribution >= 4 is 5.97 Å². The van der Waals surface area contributed by atoms with Crippen molar-refractivity contribution in [1.29, 1.82) is 0 Å². The minimum Gasteiger partial charge on any atom is -0.493 e. The summed E-state index contributed by atoms with van der Waals surface area (Å²) in [7, 11) is 0. The number of carbonyl (C=O) groups is 1. The summed E-state index contributed by atoms with van der Waals surface area (Å²) < 4.78 is 11.3. The van der Waals surface area contributed by atoms with Crippen molar-refractivity contribution in [2.45, 2.75) is 51.2 Å². The Labute approximate surface area is 124 Å². The van der Waals surface area contributed by atoms with Gasteiger partial charge in [0.15, 0.2) is 0 Å². The fourth-order valence-electron chi connectivity index (χ4n) is 2.46. The smallest absolute Gasteiger partial charge is 0.339 e.